The van der Waals surface area contributed by atoms with E-state index in [1.165, 1.54) is 22.8 Å². The summed E-state index contributed by atoms with van der Waals surface area (Å²) in [6, 6.07) is 14.9. The van der Waals surface area contributed by atoms with Crippen LogP contribution in [0.5, 0.6) is 0 Å². The molecular weight excluding hydrogens is 405 g/mol. The summed E-state index contributed by atoms with van der Waals surface area (Å²) in [6.07, 6.45) is 0.749. The summed E-state index contributed by atoms with van der Waals surface area (Å²) in [5.41, 5.74) is 0.829. The number of rotatable bonds is 3. The average molecular weight is 421 g/mol. The molecule has 0 N–H and O–H groups in total. The molecule has 1 aliphatic rings. The van der Waals surface area contributed by atoms with Gasteiger partial charge in [-0.25, -0.2) is 13.8 Å². The van der Waals surface area contributed by atoms with E-state index in [9.17, 15) is 18.8 Å². The molecule has 0 atom stereocenters. The predicted octanol–water partition coefficient (Wildman–Crippen LogP) is 2.94. The lowest BCUT2D eigenvalue weighted by Gasteiger charge is -2.19. The first-order valence-corrected chi connectivity index (χ1v) is 10.3. The fourth-order valence-electron chi connectivity index (χ4n) is 3.90. The Hall–Kier alpha value is -3.52. The third-order valence-electron chi connectivity index (χ3n) is 5.33. The first-order valence-electron chi connectivity index (χ1n) is 9.42. The van der Waals surface area contributed by atoms with Gasteiger partial charge in [0.15, 0.2) is 0 Å². The quantitative estimate of drug-likeness (QED) is 0.511. The van der Waals surface area contributed by atoms with Crippen LogP contribution >= 0.6 is 11.3 Å². The minimum atomic E-state index is -0.739. The molecule has 0 bridgehead atoms. The summed E-state index contributed by atoms with van der Waals surface area (Å²) in [5.74, 6) is -0.938. The van der Waals surface area contributed by atoms with Gasteiger partial charge in [0.05, 0.1) is 11.2 Å². The molecule has 0 spiro atoms. The number of hydrogen-bond acceptors (Lipinski definition) is 4. The van der Waals surface area contributed by atoms with Gasteiger partial charge in [-0.3, -0.25) is 14.2 Å². The van der Waals surface area contributed by atoms with Crippen LogP contribution in [0.1, 0.15) is 5.56 Å². The highest BCUT2D eigenvalue weighted by Gasteiger charge is 2.26. The molecule has 0 unspecified atom stereocenters. The second kappa shape index (κ2) is 7.07. The molecule has 3 heterocycles. The molecule has 0 aliphatic carbocycles. The lowest BCUT2D eigenvalue weighted by Crippen LogP contribution is -2.42. The number of para-hydroxylation sites is 2. The zero-order chi connectivity index (χ0) is 20.8. The Kier molecular flexibility index (Phi) is 4.36. The number of anilines is 1. The molecular formula is C22H16FN3O3S. The molecule has 0 radical (unpaired) electrons. The van der Waals surface area contributed by atoms with Crippen LogP contribution in [0.4, 0.5) is 10.1 Å². The van der Waals surface area contributed by atoms with E-state index in [-0.39, 0.29) is 18.1 Å². The highest BCUT2D eigenvalue weighted by molar-refractivity contribution is 7.17. The molecule has 5 rings (SSSR count). The molecule has 0 saturated heterocycles. The second-order valence-corrected chi connectivity index (χ2v) is 7.94. The van der Waals surface area contributed by atoms with Crippen molar-refractivity contribution >= 4 is 33.1 Å². The van der Waals surface area contributed by atoms with Crippen LogP contribution in [0.15, 0.2) is 69.6 Å². The van der Waals surface area contributed by atoms with Crippen molar-refractivity contribution < 1.29 is 9.18 Å². The Morgan fingerprint density at radius 3 is 2.53 bits per heavy atom. The maximum Gasteiger partial charge on any atom is 0.336 e. The van der Waals surface area contributed by atoms with Crippen LogP contribution in [0.2, 0.25) is 0 Å². The topological polar surface area (TPSA) is 64.3 Å². The Morgan fingerprint density at radius 1 is 1.00 bits per heavy atom. The van der Waals surface area contributed by atoms with E-state index in [0.29, 0.717) is 16.8 Å². The van der Waals surface area contributed by atoms with E-state index >= 15 is 0 Å². The van der Waals surface area contributed by atoms with E-state index in [0.717, 1.165) is 33.6 Å². The third kappa shape index (κ3) is 2.80. The van der Waals surface area contributed by atoms with Crippen molar-refractivity contribution in [3.63, 3.8) is 0 Å². The predicted molar refractivity (Wildman–Crippen MR) is 114 cm³/mol. The van der Waals surface area contributed by atoms with Crippen LogP contribution in [0.3, 0.4) is 0 Å². The number of thiophene rings is 1. The molecule has 1 amide bonds. The van der Waals surface area contributed by atoms with Crippen LogP contribution < -0.4 is 16.1 Å². The molecule has 2 aromatic carbocycles. The maximum atomic E-state index is 14.4. The molecule has 4 aromatic rings. The van der Waals surface area contributed by atoms with E-state index in [2.05, 4.69) is 0 Å². The van der Waals surface area contributed by atoms with Crippen LogP contribution in [-0.2, 0) is 17.8 Å². The highest BCUT2D eigenvalue weighted by Crippen LogP contribution is 2.28. The van der Waals surface area contributed by atoms with Gasteiger partial charge in [0.1, 0.15) is 17.1 Å². The molecule has 1 aliphatic heterocycles. The third-order valence-corrected chi connectivity index (χ3v) is 6.22. The van der Waals surface area contributed by atoms with Gasteiger partial charge in [-0.15, -0.1) is 11.3 Å². The Morgan fingerprint density at radius 2 is 1.73 bits per heavy atom. The minimum absolute atomic E-state index is 0.129. The fourth-order valence-corrected chi connectivity index (χ4v) is 4.73. The first-order chi connectivity index (χ1) is 14.6. The van der Waals surface area contributed by atoms with Crippen LogP contribution in [0.25, 0.3) is 15.9 Å². The summed E-state index contributed by atoms with van der Waals surface area (Å²) in [6.45, 7) is 0.293. The molecule has 2 aromatic heterocycles. The van der Waals surface area contributed by atoms with Crippen molar-refractivity contribution in [2.75, 3.05) is 11.4 Å². The van der Waals surface area contributed by atoms with E-state index in [4.69, 9.17) is 0 Å². The number of fused-ring (bicyclic) bond motifs is 2. The largest absolute Gasteiger partial charge is 0.336 e. The monoisotopic (exact) mass is 421 g/mol. The van der Waals surface area contributed by atoms with Gasteiger partial charge in [-0.05, 0) is 41.6 Å². The summed E-state index contributed by atoms with van der Waals surface area (Å²) >= 11 is 1.16. The summed E-state index contributed by atoms with van der Waals surface area (Å²) in [7, 11) is 0. The molecule has 30 heavy (non-hydrogen) atoms. The van der Waals surface area contributed by atoms with E-state index < -0.39 is 17.1 Å². The highest BCUT2D eigenvalue weighted by atomic mass is 32.1. The van der Waals surface area contributed by atoms with Gasteiger partial charge in [0.2, 0.25) is 5.91 Å². The number of carbonyl (C=O) groups is 1. The lowest BCUT2D eigenvalue weighted by atomic mass is 10.2. The number of benzene rings is 2. The van der Waals surface area contributed by atoms with Gasteiger partial charge in [-0.2, -0.15) is 0 Å². The summed E-state index contributed by atoms with van der Waals surface area (Å²) in [5, 5.41) is 1.68. The van der Waals surface area contributed by atoms with Gasteiger partial charge >= 0.3 is 5.69 Å². The number of amides is 1. The first kappa shape index (κ1) is 18.5. The SMILES string of the molecule is O=C(Cn1c(=O)n(-c2ccccc2F)c(=O)c2sccc21)N1CCc2ccccc21. The zero-order valence-corrected chi connectivity index (χ0v) is 16.6. The van der Waals surface area contributed by atoms with Gasteiger partial charge in [-0.1, -0.05) is 30.3 Å². The molecule has 6 nitrogen and oxygen atoms in total. The van der Waals surface area contributed by atoms with Gasteiger partial charge in [0.25, 0.3) is 5.56 Å². The summed E-state index contributed by atoms with van der Waals surface area (Å²) in [4.78, 5) is 40.9. The smallest absolute Gasteiger partial charge is 0.310 e. The van der Waals surface area contributed by atoms with Crippen molar-refractivity contribution in [3.8, 4) is 5.69 Å². The van der Waals surface area contributed by atoms with E-state index in [1.54, 1.807) is 22.4 Å². The Bertz CT molecular complexity index is 1420. The number of aromatic nitrogens is 2. The van der Waals surface area contributed by atoms with Crippen LogP contribution in [0, 0.1) is 5.82 Å². The molecule has 150 valence electrons. The van der Waals surface area contributed by atoms with Crippen molar-refractivity contribution in [2.45, 2.75) is 13.0 Å². The van der Waals surface area contributed by atoms with Crippen molar-refractivity contribution in [3.05, 3.63) is 92.2 Å². The molecule has 0 fully saturated rings. The van der Waals surface area contributed by atoms with Gasteiger partial charge in [0, 0.05) is 12.2 Å². The zero-order valence-electron chi connectivity index (χ0n) is 15.7. The van der Waals surface area contributed by atoms with Crippen molar-refractivity contribution in [1.82, 2.24) is 9.13 Å². The normalized spacial score (nSPS) is 13.0. The number of halogens is 1. The molecule has 8 heteroatoms. The van der Waals surface area contributed by atoms with E-state index in [1.807, 2.05) is 24.3 Å². The summed E-state index contributed by atoms with van der Waals surface area (Å²) < 4.78 is 16.7. The number of hydrogen-bond donors (Lipinski definition) is 0. The Labute approximate surface area is 174 Å². The van der Waals surface area contributed by atoms with Crippen molar-refractivity contribution in [2.24, 2.45) is 0 Å². The maximum absolute atomic E-state index is 14.4. The Balaban J connectivity index is 1.65. The van der Waals surface area contributed by atoms with Gasteiger partial charge < -0.3 is 4.90 Å². The fraction of sp³-hybridized carbons (Fsp3) is 0.136. The van der Waals surface area contributed by atoms with Crippen molar-refractivity contribution in [1.29, 1.82) is 0 Å². The molecule has 0 saturated carbocycles. The number of carbonyl (C=O) groups excluding carboxylic acids is 1. The number of nitrogens with zero attached hydrogens (tertiary/aromatic N) is 3. The lowest BCUT2D eigenvalue weighted by molar-refractivity contribution is -0.119. The standard InChI is InChI=1S/C22H16FN3O3S/c23-15-6-2-4-8-17(15)26-21(28)20-18(10-12-30-20)25(22(26)29)13-19(27)24-11-9-14-5-1-3-7-16(14)24/h1-8,10,12H,9,11,13H2. The second-order valence-electron chi connectivity index (χ2n) is 7.02. The minimum Gasteiger partial charge on any atom is -0.310 e. The average Bonchev–Trinajstić information content (AvgIpc) is 3.40. The van der Waals surface area contributed by atoms with Crippen LogP contribution in [-0.4, -0.2) is 21.6 Å².